The summed E-state index contributed by atoms with van der Waals surface area (Å²) in [6.45, 7) is 5.55. The number of hydrogen-bond donors (Lipinski definition) is 2. The van der Waals surface area contributed by atoms with Crippen molar-refractivity contribution in [2.45, 2.75) is 58.6 Å². The molecule has 0 saturated heterocycles. The van der Waals surface area contributed by atoms with E-state index >= 15 is 0 Å². The molecule has 0 radical (unpaired) electrons. The molecule has 1 aromatic heterocycles. The molecule has 0 amide bonds. The Kier molecular flexibility index (Phi) is 4.07. The van der Waals surface area contributed by atoms with Crippen LogP contribution >= 0.6 is 0 Å². The van der Waals surface area contributed by atoms with Crippen LogP contribution in [0.1, 0.15) is 44.0 Å². The van der Waals surface area contributed by atoms with Crippen LogP contribution in [0.3, 0.4) is 0 Å². The quantitative estimate of drug-likeness (QED) is 0.855. The Labute approximate surface area is 109 Å². The highest BCUT2D eigenvalue weighted by molar-refractivity contribution is 5.13. The van der Waals surface area contributed by atoms with E-state index in [-0.39, 0.29) is 11.5 Å². The van der Waals surface area contributed by atoms with Gasteiger partial charge < -0.3 is 10.8 Å². The smallest absolute Gasteiger partial charge is 0.0612 e. The maximum Gasteiger partial charge on any atom is 0.0612 e. The van der Waals surface area contributed by atoms with Crippen molar-refractivity contribution in [1.82, 2.24) is 9.78 Å². The van der Waals surface area contributed by atoms with E-state index in [1.165, 1.54) is 12.1 Å². The van der Waals surface area contributed by atoms with E-state index in [4.69, 9.17) is 5.73 Å². The van der Waals surface area contributed by atoms with Gasteiger partial charge in [0.05, 0.1) is 11.8 Å². The molecule has 2 rings (SSSR count). The van der Waals surface area contributed by atoms with Gasteiger partial charge in [-0.3, -0.25) is 4.68 Å². The zero-order chi connectivity index (χ0) is 13.2. The van der Waals surface area contributed by atoms with Gasteiger partial charge in [0.25, 0.3) is 0 Å². The van der Waals surface area contributed by atoms with Gasteiger partial charge in [-0.25, -0.2) is 0 Å². The molecule has 1 aliphatic rings. The topological polar surface area (TPSA) is 64.1 Å². The fourth-order valence-corrected chi connectivity index (χ4v) is 3.18. The minimum atomic E-state index is -0.267. The van der Waals surface area contributed by atoms with E-state index in [0.717, 1.165) is 37.9 Å². The van der Waals surface area contributed by atoms with Crippen molar-refractivity contribution in [3.05, 3.63) is 17.5 Å². The number of aryl methyl sites for hydroxylation is 2. The number of nitrogens with zero attached hydrogens (tertiary/aromatic N) is 2. The summed E-state index contributed by atoms with van der Waals surface area (Å²) in [6, 6.07) is 2.13. The summed E-state index contributed by atoms with van der Waals surface area (Å²) in [7, 11) is 0. The predicted molar refractivity (Wildman–Crippen MR) is 72.3 cm³/mol. The second-order valence-corrected chi connectivity index (χ2v) is 5.60. The number of aliphatic hydroxyl groups excluding tert-OH is 1. The monoisotopic (exact) mass is 251 g/mol. The first-order chi connectivity index (χ1) is 8.61. The molecule has 18 heavy (non-hydrogen) atoms. The normalized spacial score (nSPS) is 28.6. The first kappa shape index (κ1) is 13.6. The molecule has 1 fully saturated rings. The highest BCUT2D eigenvalue weighted by Gasteiger charge is 2.39. The average molecular weight is 251 g/mol. The molecule has 0 spiro atoms. The maximum absolute atomic E-state index is 10.3. The number of aliphatic hydroxyl groups is 1. The summed E-state index contributed by atoms with van der Waals surface area (Å²) in [6.07, 6.45) is 4.79. The molecule has 3 N–H and O–H groups in total. The standard InChI is InChI=1S/C14H25N3O/c1-3-17-12(8-11(2)16-17)9-14(10-15)7-5-4-6-13(14)18/h8,13,18H,3-7,9-10,15H2,1-2H3. The summed E-state index contributed by atoms with van der Waals surface area (Å²) in [4.78, 5) is 0. The number of rotatable bonds is 4. The molecule has 2 unspecified atom stereocenters. The van der Waals surface area contributed by atoms with Gasteiger partial charge in [-0.05, 0) is 39.2 Å². The van der Waals surface area contributed by atoms with Gasteiger partial charge in [0.2, 0.25) is 0 Å². The fraction of sp³-hybridized carbons (Fsp3) is 0.786. The van der Waals surface area contributed by atoms with E-state index in [1.54, 1.807) is 0 Å². The van der Waals surface area contributed by atoms with Crippen molar-refractivity contribution < 1.29 is 5.11 Å². The van der Waals surface area contributed by atoms with E-state index in [2.05, 4.69) is 18.1 Å². The zero-order valence-corrected chi connectivity index (χ0v) is 11.5. The van der Waals surface area contributed by atoms with Crippen molar-refractivity contribution in [2.24, 2.45) is 11.1 Å². The van der Waals surface area contributed by atoms with Crippen LogP contribution in [0.15, 0.2) is 6.07 Å². The highest BCUT2D eigenvalue weighted by Crippen LogP contribution is 2.38. The van der Waals surface area contributed by atoms with E-state index in [0.29, 0.717) is 6.54 Å². The van der Waals surface area contributed by atoms with Gasteiger partial charge in [-0.1, -0.05) is 12.8 Å². The largest absolute Gasteiger partial charge is 0.392 e. The minimum Gasteiger partial charge on any atom is -0.392 e. The van der Waals surface area contributed by atoms with Crippen LogP contribution in [0, 0.1) is 12.3 Å². The van der Waals surface area contributed by atoms with E-state index < -0.39 is 0 Å². The summed E-state index contributed by atoms with van der Waals surface area (Å²) in [5.41, 5.74) is 8.10. The Balaban J connectivity index is 2.23. The van der Waals surface area contributed by atoms with Crippen LogP contribution in [0.2, 0.25) is 0 Å². The first-order valence-electron chi connectivity index (χ1n) is 7.03. The zero-order valence-electron chi connectivity index (χ0n) is 11.5. The number of nitrogens with two attached hydrogens (primary N) is 1. The molecule has 1 aliphatic carbocycles. The summed E-state index contributed by atoms with van der Waals surface area (Å²) < 4.78 is 2.04. The Morgan fingerprint density at radius 2 is 2.33 bits per heavy atom. The molecular formula is C14H25N3O. The van der Waals surface area contributed by atoms with Gasteiger partial charge in [0.15, 0.2) is 0 Å². The number of hydrogen-bond acceptors (Lipinski definition) is 3. The van der Waals surface area contributed by atoms with Crippen molar-refractivity contribution in [3.8, 4) is 0 Å². The van der Waals surface area contributed by atoms with Crippen molar-refractivity contribution in [2.75, 3.05) is 6.54 Å². The first-order valence-corrected chi connectivity index (χ1v) is 7.03. The Morgan fingerprint density at radius 1 is 1.56 bits per heavy atom. The van der Waals surface area contributed by atoms with Gasteiger partial charge >= 0.3 is 0 Å². The van der Waals surface area contributed by atoms with Gasteiger partial charge in [0, 0.05) is 24.2 Å². The molecule has 4 nitrogen and oxygen atoms in total. The van der Waals surface area contributed by atoms with Crippen molar-refractivity contribution >= 4 is 0 Å². The number of aromatic nitrogens is 2. The molecule has 1 heterocycles. The molecule has 2 atom stereocenters. The SMILES string of the molecule is CCn1nc(C)cc1CC1(CN)CCCCC1O. The van der Waals surface area contributed by atoms with E-state index in [9.17, 15) is 5.11 Å². The Hall–Kier alpha value is -0.870. The highest BCUT2D eigenvalue weighted by atomic mass is 16.3. The van der Waals surface area contributed by atoms with Gasteiger partial charge in [0.1, 0.15) is 0 Å². The van der Waals surface area contributed by atoms with Crippen LogP contribution in [0.25, 0.3) is 0 Å². The molecule has 1 saturated carbocycles. The summed E-state index contributed by atoms with van der Waals surface area (Å²) in [5.74, 6) is 0. The van der Waals surface area contributed by atoms with Crippen LogP contribution in [-0.4, -0.2) is 27.5 Å². The lowest BCUT2D eigenvalue weighted by Gasteiger charge is -2.40. The molecule has 0 aliphatic heterocycles. The molecule has 1 aromatic rings. The maximum atomic E-state index is 10.3. The predicted octanol–water partition coefficient (Wildman–Crippen LogP) is 1.63. The third kappa shape index (κ3) is 2.45. The van der Waals surface area contributed by atoms with E-state index in [1.807, 2.05) is 11.6 Å². The van der Waals surface area contributed by atoms with Gasteiger partial charge in [-0.2, -0.15) is 5.10 Å². The van der Waals surface area contributed by atoms with Crippen molar-refractivity contribution in [1.29, 1.82) is 0 Å². The second-order valence-electron chi connectivity index (χ2n) is 5.60. The Morgan fingerprint density at radius 3 is 2.94 bits per heavy atom. The molecule has 0 bridgehead atoms. The van der Waals surface area contributed by atoms with Crippen LogP contribution in [-0.2, 0) is 13.0 Å². The summed E-state index contributed by atoms with van der Waals surface area (Å²) >= 11 is 0. The van der Waals surface area contributed by atoms with Crippen LogP contribution < -0.4 is 5.73 Å². The van der Waals surface area contributed by atoms with Crippen LogP contribution in [0.5, 0.6) is 0 Å². The second kappa shape index (κ2) is 5.41. The summed E-state index contributed by atoms with van der Waals surface area (Å²) in [5, 5.41) is 14.8. The lowest BCUT2D eigenvalue weighted by molar-refractivity contribution is -0.00705. The molecule has 0 aromatic carbocycles. The average Bonchev–Trinajstić information content (AvgIpc) is 2.72. The fourth-order valence-electron chi connectivity index (χ4n) is 3.18. The lowest BCUT2D eigenvalue weighted by atomic mass is 9.69. The molecular weight excluding hydrogens is 226 g/mol. The Bertz CT molecular complexity index is 402. The third-order valence-electron chi connectivity index (χ3n) is 4.33. The lowest BCUT2D eigenvalue weighted by Crippen LogP contribution is -2.46. The molecule has 4 heteroatoms. The van der Waals surface area contributed by atoms with Gasteiger partial charge in [-0.15, -0.1) is 0 Å². The minimum absolute atomic E-state index is 0.141. The van der Waals surface area contributed by atoms with Crippen LogP contribution in [0.4, 0.5) is 0 Å². The third-order valence-corrected chi connectivity index (χ3v) is 4.33. The molecule has 102 valence electrons. The van der Waals surface area contributed by atoms with Crippen molar-refractivity contribution in [3.63, 3.8) is 0 Å².